The van der Waals surface area contributed by atoms with E-state index in [-0.39, 0.29) is 0 Å². The topological polar surface area (TPSA) is 20.2 Å². The molecule has 0 radical (unpaired) electrons. The number of aliphatic hydroxyl groups is 1. The molecule has 0 bridgehead atoms. The molecule has 62 valence electrons. The monoisotopic (exact) mass is 144 g/mol. The van der Waals surface area contributed by atoms with Crippen molar-refractivity contribution in [3.05, 3.63) is 0 Å². The zero-order chi connectivity index (χ0) is 7.98. The van der Waals surface area contributed by atoms with Gasteiger partial charge in [0.15, 0.2) is 0 Å². The van der Waals surface area contributed by atoms with Crippen LogP contribution in [-0.2, 0) is 0 Å². The molecule has 0 heterocycles. The third kappa shape index (κ3) is 3.21. The van der Waals surface area contributed by atoms with Crippen LogP contribution in [0.15, 0.2) is 0 Å². The summed E-state index contributed by atoms with van der Waals surface area (Å²) in [6, 6.07) is 0. The number of hydrogen-bond acceptors (Lipinski definition) is 1. The molecular weight excluding hydrogens is 124 g/mol. The van der Waals surface area contributed by atoms with Crippen molar-refractivity contribution in [2.75, 3.05) is 6.61 Å². The minimum atomic E-state index is 0.364. The fourth-order valence-electron chi connectivity index (χ4n) is 1.26. The number of aliphatic hydroxyl groups excluding tert-OH is 1. The van der Waals surface area contributed by atoms with Gasteiger partial charge in [-0.05, 0) is 18.3 Å². The van der Waals surface area contributed by atoms with Gasteiger partial charge in [-0.15, -0.1) is 0 Å². The van der Waals surface area contributed by atoms with E-state index >= 15 is 0 Å². The summed E-state index contributed by atoms with van der Waals surface area (Å²) in [5, 5.41) is 8.96. The average Bonchev–Trinajstić information content (AvgIpc) is 1.99. The lowest BCUT2D eigenvalue weighted by atomic mass is 9.89. The van der Waals surface area contributed by atoms with Crippen LogP contribution in [0.4, 0.5) is 0 Å². The zero-order valence-corrected chi connectivity index (χ0v) is 7.43. The van der Waals surface area contributed by atoms with E-state index in [9.17, 15) is 0 Å². The lowest BCUT2D eigenvalue weighted by molar-refractivity contribution is 0.170. The second-order valence-electron chi connectivity index (χ2n) is 3.12. The summed E-state index contributed by atoms with van der Waals surface area (Å²) >= 11 is 0. The molecule has 1 heteroatoms. The molecule has 0 aliphatic heterocycles. The number of hydrogen-bond donors (Lipinski definition) is 1. The quantitative estimate of drug-likeness (QED) is 0.628. The van der Waals surface area contributed by atoms with E-state index in [1.807, 2.05) is 0 Å². The van der Waals surface area contributed by atoms with Crippen LogP contribution < -0.4 is 0 Å². The molecule has 0 amide bonds. The maximum atomic E-state index is 8.96. The molecule has 0 spiro atoms. The van der Waals surface area contributed by atoms with Gasteiger partial charge < -0.3 is 5.11 Å². The second kappa shape index (κ2) is 5.72. The SMILES string of the molecule is CCCC(CO)C(C)CC. The molecule has 2 unspecified atom stereocenters. The van der Waals surface area contributed by atoms with Crippen molar-refractivity contribution in [1.29, 1.82) is 0 Å². The normalized spacial score (nSPS) is 16.8. The van der Waals surface area contributed by atoms with Crippen LogP contribution in [-0.4, -0.2) is 11.7 Å². The van der Waals surface area contributed by atoms with Crippen LogP contribution in [0.3, 0.4) is 0 Å². The van der Waals surface area contributed by atoms with Gasteiger partial charge >= 0.3 is 0 Å². The Morgan fingerprint density at radius 2 is 1.90 bits per heavy atom. The number of rotatable bonds is 5. The third-order valence-electron chi connectivity index (χ3n) is 2.34. The van der Waals surface area contributed by atoms with E-state index in [1.54, 1.807) is 0 Å². The van der Waals surface area contributed by atoms with Gasteiger partial charge in [0, 0.05) is 6.61 Å². The summed E-state index contributed by atoms with van der Waals surface area (Å²) < 4.78 is 0. The van der Waals surface area contributed by atoms with Crippen molar-refractivity contribution in [3.8, 4) is 0 Å². The molecule has 0 aromatic carbocycles. The molecule has 0 aliphatic rings. The summed E-state index contributed by atoms with van der Waals surface area (Å²) in [5.41, 5.74) is 0. The molecule has 0 rings (SSSR count). The van der Waals surface area contributed by atoms with Crippen LogP contribution in [0, 0.1) is 11.8 Å². The molecule has 0 saturated heterocycles. The highest BCUT2D eigenvalue weighted by Crippen LogP contribution is 2.19. The second-order valence-corrected chi connectivity index (χ2v) is 3.12. The van der Waals surface area contributed by atoms with E-state index in [2.05, 4.69) is 20.8 Å². The Morgan fingerprint density at radius 3 is 2.20 bits per heavy atom. The standard InChI is InChI=1S/C9H20O/c1-4-6-9(7-10)8(3)5-2/h8-10H,4-7H2,1-3H3. The van der Waals surface area contributed by atoms with Gasteiger partial charge in [-0.3, -0.25) is 0 Å². The molecule has 0 aromatic heterocycles. The first-order valence-corrected chi connectivity index (χ1v) is 4.37. The molecular formula is C9H20O. The molecule has 2 atom stereocenters. The lowest BCUT2D eigenvalue weighted by Crippen LogP contribution is -2.14. The van der Waals surface area contributed by atoms with Crippen molar-refractivity contribution in [2.45, 2.75) is 40.0 Å². The van der Waals surface area contributed by atoms with Gasteiger partial charge in [-0.25, -0.2) is 0 Å². The summed E-state index contributed by atoms with van der Waals surface area (Å²) in [5.74, 6) is 1.22. The molecule has 10 heavy (non-hydrogen) atoms. The Balaban J connectivity index is 3.56. The van der Waals surface area contributed by atoms with E-state index in [4.69, 9.17) is 5.11 Å². The summed E-state index contributed by atoms with van der Waals surface area (Å²) in [6.07, 6.45) is 3.55. The molecule has 1 N–H and O–H groups in total. The maximum Gasteiger partial charge on any atom is 0.0461 e. The smallest absolute Gasteiger partial charge is 0.0461 e. The summed E-state index contributed by atoms with van der Waals surface area (Å²) in [6.45, 7) is 6.94. The third-order valence-corrected chi connectivity index (χ3v) is 2.34. The predicted octanol–water partition coefficient (Wildman–Crippen LogP) is 2.44. The summed E-state index contributed by atoms with van der Waals surface area (Å²) in [7, 11) is 0. The Hall–Kier alpha value is -0.0400. The highest BCUT2D eigenvalue weighted by molar-refractivity contribution is 4.63. The van der Waals surface area contributed by atoms with Gasteiger partial charge in [0.25, 0.3) is 0 Å². The van der Waals surface area contributed by atoms with Crippen molar-refractivity contribution >= 4 is 0 Å². The van der Waals surface area contributed by atoms with Crippen LogP contribution in [0.5, 0.6) is 0 Å². The minimum absolute atomic E-state index is 0.364. The first kappa shape index (κ1) is 9.96. The molecule has 0 aromatic rings. The van der Waals surface area contributed by atoms with Crippen molar-refractivity contribution in [1.82, 2.24) is 0 Å². The lowest BCUT2D eigenvalue weighted by Gasteiger charge is -2.19. The van der Waals surface area contributed by atoms with Gasteiger partial charge in [-0.1, -0.05) is 33.6 Å². The Labute approximate surface area is 64.5 Å². The summed E-state index contributed by atoms with van der Waals surface area (Å²) in [4.78, 5) is 0. The van der Waals surface area contributed by atoms with E-state index < -0.39 is 0 Å². The molecule has 0 aliphatic carbocycles. The Morgan fingerprint density at radius 1 is 1.30 bits per heavy atom. The highest BCUT2D eigenvalue weighted by Gasteiger charge is 2.12. The van der Waals surface area contributed by atoms with Crippen molar-refractivity contribution < 1.29 is 5.11 Å². The van der Waals surface area contributed by atoms with Crippen LogP contribution >= 0.6 is 0 Å². The minimum Gasteiger partial charge on any atom is -0.396 e. The van der Waals surface area contributed by atoms with E-state index in [0.717, 1.165) is 0 Å². The van der Waals surface area contributed by atoms with Gasteiger partial charge in [0.05, 0.1) is 0 Å². The Kier molecular flexibility index (Phi) is 5.70. The van der Waals surface area contributed by atoms with E-state index in [0.29, 0.717) is 18.4 Å². The van der Waals surface area contributed by atoms with Crippen LogP contribution in [0.2, 0.25) is 0 Å². The first-order chi connectivity index (χ1) is 4.76. The maximum absolute atomic E-state index is 8.96. The van der Waals surface area contributed by atoms with Gasteiger partial charge in [0.1, 0.15) is 0 Å². The predicted molar refractivity (Wildman–Crippen MR) is 44.9 cm³/mol. The largest absolute Gasteiger partial charge is 0.396 e. The molecule has 0 saturated carbocycles. The fraction of sp³-hybridized carbons (Fsp3) is 1.00. The van der Waals surface area contributed by atoms with E-state index in [1.165, 1.54) is 19.3 Å². The molecule has 0 fully saturated rings. The van der Waals surface area contributed by atoms with Gasteiger partial charge in [-0.2, -0.15) is 0 Å². The van der Waals surface area contributed by atoms with Crippen LogP contribution in [0.25, 0.3) is 0 Å². The first-order valence-electron chi connectivity index (χ1n) is 4.37. The van der Waals surface area contributed by atoms with Gasteiger partial charge in [0.2, 0.25) is 0 Å². The average molecular weight is 144 g/mol. The van der Waals surface area contributed by atoms with Crippen molar-refractivity contribution in [2.24, 2.45) is 11.8 Å². The zero-order valence-electron chi connectivity index (χ0n) is 7.43. The molecule has 1 nitrogen and oxygen atoms in total. The highest BCUT2D eigenvalue weighted by atomic mass is 16.3. The fourth-order valence-corrected chi connectivity index (χ4v) is 1.26. The van der Waals surface area contributed by atoms with Crippen molar-refractivity contribution in [3.63, 3.8) is 0 Å². The Bertz CT molecular complexity index is 71.1. The van der Waals surface area contributed by atoms with Crippen LogP contribution in [0.1, 0.15) is 40.0 Å².